The Morgan fingerprint density at radius 2 is 1.14 bits per heavy atom. The van der Waals surface area contributed by atoms with Crippen molar-refractivity contribution >= 4 is 6.08 Å². The molecule has 14 heavy (non-hydrogen) atoms. The van der Waals surface area contributed by atoms with Crippen molar-refractivity contribution in [1.82, 2.24) is 0 Å². The normalized spacial score (nSPS) is 6.14. The molecule has 0 spiro atoms. The molecule has 0 aliphatic heterocycles. The van der Waals surface area contributed by atoms with E-state index in [2.05, 4.69) is 6.58 Å². The predicted molar refractivity (Wildman–Crippen MR) is 70.6 cm³/mol. The molecule has 0 atom stereocenters. The summed E-state index contributed by atoms with van der Waals surface area (Å²) in [5.41, 5.74) is 1.17. The lowest BCUT2D eigenvalue weighted by molar-refractivity contribution is 1.50. The van der Waals surface area contributed by atoms with Gasteiger partial charge in [0.25, 0.3) is 0 Å². The van der Waals surface area contributed by atoms with Crippen molar-refractivity contribution < 1.29 is 0 Å². The molecule has 0 saturated carbocycles. The zero-order chi connectivity index (χ0) is 11.8. The number of rotatable bonds is 1. The summed E-state index contributed by atoms with van der Waals surface area (Å²) in [5, 5.41) is 0. The third kappa shape index (κ3) is 13.5. The van der Waals surface area contributed by atoms with Crippen molar-refractivity contribution in [3.8, 4) is 0 Å². The molecule has 1 aromatic rings. The maximum Gasteiger partial charge on any atom is -0.0263 e. The first kappa shape index (κ1) is 18.7. The second-order valence-corrected chi connectivity index (χ2v) is 1.61. The van der Waals surface area contributed by atoms with Crippen LogP contribution in [0.1, 0.15) is 47.1 Å². The summed E-state index contributed by atoms with van der Waals surface area (Å²) in [4.78, 5) is 0. The first-order valence-corrected chi connectivity index (χ1v) is 5.61. The molecule has 0 unspecified atom stereocenters. The van der Waals surface area contributed by atoms with Gasteiger partial charge in [0.15, 0.2) is 0 Å². The molecule has 0 bridgehead atoms. The maximum atomic E-state index is 3.63. The van der Waals surface area contributed by atoms with Gasteiger partial charge in [-0.05, 0) is 5.56 Å². The molecule has 0 aliphatic rings. The molecular formula is C14H26. The van der Waals surface area contributed by atoms with E-state index in [9.17, 15) is 0 Å². The Morgan fingerprint density at radius 3 is 1.36 bits per heavy atom. The van der Waals surface area contributed by atoms with Gasteiger partial charge in [0.2, 0.25) is 0 Å². The maximum absolute atomic E-state index is 3.63. The van der Waals surface area contributed by atoms with Crippen molar-refractivity contribution in [2.45, 2.75) is 41.5 Å². The Kier molecular flexibility index (Phi) is 30.3. The second-order valence-electron chi connectivity index (χ2n) is 1.61. The van der Waals surface area contributed by atoms with Gasteiger partial charge in [0.1, 0.15) is 0 Å². The number of benzene rings is 1. The summed E-state index contributed by atoms with van der Waals surface area (Å²) in [5.74, 6) is 0. The van der Waals surface area contributed by atoms with E-state index in [0.717, 1.165) is 0 Å². The molecule has 0 aliphatic carbocycles. The van der Waals surface area contributed by atoms with Gasteiger partial charge in [-0.3, -0.25) is 0 Å². The smallest absolute Gasteiger partial charge is 0.0263 e. The van der Waals surface area contributed by atoms with Crippen LogP contribution < -0.4 is 0 Å². The zero-order valence-electron chi connectivity index (χ0n) is 10.7. The van der Waals surface area contributed by atoms with Gasteiger partial charge in [-0.25, -0.2) is 0 Å². The third-order valence-electron chi connectivity index (χ3n) is 1.04. The van der Waals surface area contributed by atoms with Crippen LogP contribution in [0.4, 0.5) is 0 Å². The fraction of sp³-hybridized carbons (Fsp3) is 0.429. The fourth-order valence-corrected chi connectivity index (χ4v) is 0.589. The molecule has 0 fully saturated rings. The molecule has 0 N–H and O–H groups in total. The molecule has 0 nitrogen and oxygen atoms in total. The van der Waals surface area contributed by atoms with Gasteiger partial charge in [-0.1, -0.05) is 84.5 Å². The zero-order valence-corrected chi connectivity index (χ0v) is 10.7. The van der Waals surface area contributed by atoms with Crippen LogP contribution in [0.3, 0.4) is 0 Å². The van der Waals surface area contributed by atoms with Crippen molar-refractivity contribution in [3.63, 3.8) is 0 Å². The molecule has 0 heteroatoms. The van der Waals surface area contributed by atoms with E-state index in [4.69, 9.17) is 0 Å². The molecule has 0 aromatic heterocycles. The quantitative estimate of drug-likeness (QED) is 0.561. The van der Waals surface area contributed by atoms with E-state index >= 15 is 0 Å². The number of hydrogen-bond acceptors (Lipinski definition) is 0. The Balaban J connectivity index is -0.000000174. The van der Waals surface area contributed by atoms with Crippen LogP contribution in [0, 0.1) is 0 Å². The van der Waals surface area contributed by atoms with Gasteiger partial charge < -0.3 is 0 Å². The topological polar surface area (TPSA) is 0 Å². The van der Waals surface area contributed by atoms with Gasteiger partial charge >= 0.3 is 0 Å². The highest BCUT2D eigenvalue weighted by molar-refractivity contribution is 5.45. The highest BCUT2D eigenvalue weighted by atomic mass is 13.8. The first-order chi connectivity index (χ1) is 6.93. The first-order valence-electron chi connectivity index (χ1n) is 5.61. The monoisotopic (exact) mass is 194 g/mol. The summed E-state index contributed by atoms with van der Waals surface area (Å²) in [6.07, 6.45) is 1.83. The highest BCUT2D eigenvalue weighted by Gasteiger charge is 1.75. The lowest BCUT2D eigenvalue weighted by atomic mass is 10.2. The Morgan fingerprint density at radius 1 is 0.786 bits per heavy atom. The molecule has 0 radical (unpaired) electrons. The SMILES string of the molecule is C=Cc1ccccc1.CC.CC.CC. The van der Waals surface area contributed by atoms with Crippen LogP contribution >= 0.6 is 0 Å². The van der Waals surface area contributed by atoms with Gasteiger partial charge in [0.05, 0.1) is 0 Å². The molecule has 82 valence electrons. The van der Waals surface area contributed by atoms with Crippen molar-refractivity contribution in [2.24, 2.45) is 0 Å². The number of hydrogen-bond donors (Lipinski definition) is 0. The van der Waals surface area contributed by atoms with Gasteiger partial charge in [0, 0.05) is 0 Å². The van der Waals surface area contributed by atoms with Crippen LogP contribution in [-0.4, -0.2) is 0 Å². The molecule has 1 aromatic carbocycles. The van der Waals surface area contributed by atoms with Crippen molar-refractivity contribution in [1.29, 1.82) is 0 Å². The summed E-state index contributed by atoms with van der Waals surface area (Å²) in [7, 11) is 0. The average Bonchev–Trinajstić information content (AvgIpc) is 2.37. The van der Waals surface area contributed by atoms with Crippen LogP contribution in [0.2, 0.25) is 0 Å². The van der Waals surface area contributed by atoms with Crippen LogP contribution in [0.15, 0.2) is 36.9 Å². The van der Waals surface area contributed by atoms with Gasteiger partial charge in [-0.15, -0.1) is 0 Å². The van der Waals surface area contributed by atoms with Crippen molar-refractivity contribution in [3.05, 3.63) is 42.5 Å². The Bertz CT molecular complexity index is 163. The summed E-state index contributed by atoms with van der Waals surface area (Å²) in [6.45, 7) is 15.6. The van der Waals surface area contributed by atoms with E-state index in [1.54, 1.807) is 0 Å². The molecule has 1 rings (SSSR count). The molecule has 0 heterocycles. The summed E-state index contributed by atoms with van der Waals surface area (Å²) in [6, 6.07) is 10.0. The minimum absolute atomic E-state index is 1.17. The second kappa shape index (κ2) is 22.7. The minimum atomic E-state index is 1.17. The van der Waals surface area contributed by atoms with E-state index in [-0.39, 0.29) is 0 Å². The predicted octanol–water partition coefficient (Wildman–Crippen LogP) is 5.41. The largest absolute Gasteiger partial charge is 0.0985 e. The minimum Gasteiger partial charge on any atom is -0.0985 e. The molecular weight excluding hydrogens is 168 g/mol. The Labute approximate surface area is 90.7 Å². The third-order valence-corrected chi connectivity index (χ3v) is 1.04. The highest BCUT2D eigenvalue weighted by Crippen LogP contribution is 1.97. The van der Waals surface area contributed by atoms with E-state index in [1.165, 1.54) is 5.56 Å². The van der Waals surface area contributed by atoms with Gasteiger partial charge in [-0.2, -0.15) is 0 Å². The molecule has 0 saturated heterocycles. The van der Waals surface area contributed by atoms with Crippen LogP contribution in [0.5, 0.6) is 0 Å². The van der Waals surface area contributed by atoms with E-state index in [0.29, 0.717) is 0 Å². The van der Waals surface area contributed by atoms with E-state index < -0.39 is 0 Å². The lowest BCUT2D eigenvalue weighted by Crippen LogP contribution is -1.63. The summed E-state index contributed by atoms with van der Waals surface area (Å²) < 4.78 is 0. The van der Waals surface area contributed by atoms with E-state index in [1.807, 2.05) is 78.0 Å². The lowest BCUT2D eigenvalue weighted by Gasteiger charge is -1.85. The fourth-order valence-electron chi connectivity index (χ4n) is 0.589. The standard InChI is InChI=1S/C8H8.3C2H6/c1-2-8-6-4-3-5-7-8;3*1-2/h2-7H,1H2;3*1-2H3. The van der Waals surface area contributed by atoms with Crippen LogP contribution in [0.25, 0.3) is 6.08 Å². The molecule has 0 amide bonds. The van der Waals surface area contributed by atoms with Crippen molar-refractivity contribution in [2.75, 3.05) is 0 Å². The average molecular weight is 194 g/mol. The Hall–Kier alpha value is -1.04. The van der Waals surface area contributed by atoms with Crippen LogP contribution in [-0.2, 0) is 0 Å². The summed E-state index contributed by atoms with van der Waals surface area (Å²) >= 11 is 0.